The Morgan fingerprint density at radius 1 is 1.20 bits per heavy atom. The minimum atomic E-state index is 0.177. The zero-order valence-electron chi connectivity index (χ0n) is 8.66. The maximum atomic E-state index is 10.9. The van der Waals surface area contributed by atoms with E-state index in [1.807, 2.05) is 30.5 Å². The van der Waals surface area contributed by atoms with Gasteiger partial charge in [-0.25, -0.2) is 0 Å². The fourth-order valence-corrected chi connectivity index (χ4v) is 1.61. The molecule has 0 amide bonds. The molecule has 0 radical (unpaired) electrons. The van der Waals surface area contributed by atoms with E-state index in [-0.39, 0.29) is 5.78 Å². The van der Waals surface area contributed by atoms with Crippen LogP contribution in [0.15, 0.2) is 42.6 Å². The predicted molar refractivity (Wildman–Crippen MR) is 60.6 cm³/mol. The second kappa shape index (κ2) is 4.13. The van der Waals surface area contributed by atoms with Gasteiger partial charge in [-0.2, -0.15) is 0 Å². The highest BCUT2D eigenvalue weighted by molar-refractivity contribution is 5.78. The van der Waals surface area contributed by atoms with Crippen LogP contribution in [0.4, 0.5) is 0 Å². The minimum Gasteiger partial charge on any atom is -0.364 e. The summed E-state index contributed by atoms with van der Waals surface area (Å²) in [6.07, 6.45) is 2.42. The Balaban J connectivity index is 2.24. The number of nitrogens with one attached hydrogen (secondary N) is 1. The molecule has 0 aliphatic carbocycles. The molecule has 1 aromatic carbocycles. The third-order valence-corrected chi connectivity index (χ3v) is 2.29. The van der Waals surface area contributed by atoms with Gasteiger partial charge in [-0.3, -0.25) is 4.79 Å². The molecule has 76 valence electrons. The molecule has 1 heterocycles. The standard InChI is InChI=1S/C13H13NO/c1-10(15)7-13-8-12(9-14-13)11-5-3-2-4-6-11/h2-6,8-9,14H,7H2,1H3. The lowest BCUT2D eigenvalue weighted by atomic mass is 10.1. The average molecular weight is 199 g/mol. The van der Waals surface area contributed by atoms with Gasteiger partial charge in [0.25, 0.3) is 0 Å². The summed E-state index contributed by atoms with van der Waals surface area (Å²) in [5, 5.41) is 0. The van der Waals surface area contributed by atoms with Gasteiger partial charge in [0.2, 0.25) is 0 Å². The third kappa shape index (κ3) is 2.34. The largest absolute Gasteiger partial charge is 0.364 e. The van der Waals surface area contributed by atoms with Crippen LogP contribution in [0.5, 0.6) is 0 Å². The van der Waals surface area contributed by atoms with Crippen LogP contribution >= 0.6 is 0 Å². The van der Waals surface area contributed by atoms with Gasteiger partial charge in [0.05, 0.1) is 0 Å². The number of hydrogen-bond donors (Lipinski definition) is 1. The molecule has 0 saturated heterocycles. The molecule has 0 spiro atoms. The van der Waals surface area contributed by atoms with Gasteiger partial charge in [0.1, 0.15) is 5.78 Å². The highest BCUT2D eigenvalue weighted by Gasteiger charge is 2.02. The summed E-state index contributed by atoms with van der Waals surface area (Å²) in [5.74, 6) is 0.177. The van der Waals surface area contributed by atoms with Crippen molar-refractivity contribution in [2.75, 3.05) is 0 Å². The van der Waals surface area contributed by atoms with E-state index in [9.17, 15) is 4.79 Å². The van der Waals surface area contributed by atoms with Crippen molar-refractivity contribution in [1.29, 1.82) is 0 Å². The zero-order chi connectivity index (χ0) is 10.7. The Hall–Kier alpha value is -1.83. The number of Topliss-reactive ketones (excluding diaryl/α,β-unsaturated/α-hetero) is 1. The number of hydrogen-bond acceptors (Lipinski definition) is 1. The number of carbonyl (C=O) groups excluding carboxylic acids is 1. The first-order chi connectivity index (χ1) is 7.25. The molecular weight excluding hydrogens is 186 g/mol. The van der Waals surface area contributed by atoms with Crippen LogP contribution < -0.4 is 0 Å². The van der Waals surface area contributed by atoms with Gasteiger partial charge < -0.3 is 4.98 Å². The summed E-state index contributed by atoms with van der Waals surface area (Å²) in [4.78, 5) is 14.1. The van der Waals surface area contributed by atoms with Crippen LogP contribution in [0.25, 0.3) is 11.1 Å². The smallest absolute Gasteiger partial charge is 0.135 e. The van der Waals surface area contributed by atoms with Crippen molar-refractivity contribution < 1.29 is 4.79 Å². The molecule has 2 rings (SSSR count). The van der Waals surface area contributed by atoms with Gasteiger partial charge in [-0.1, -0.05) is 30.3 Å². The fraction of sp³-hybridized carbons (Fsp3) is 0.154. The van der Waals surface area contributed by atoms with Crippen molar-refractivity contribution in [2.45, 2.75) is 13.3 Å². The molecule has 0 saturated carbocycles. The fourth-order valence-electron chi connectivity index (χ4n) is 1.61. The molecule has 0 aliphatic heterocycles. The Labute approximate surface area is 89.0 Å². The zero-order valence-corrected chi connectivity index (χ0v) is 8.66. The maximum absolute atomic E-state index is 10.9. The van der Waals surface area contributed by atoms with Crippen molar-refractivity contribution >= 4 is 5.78 Å². The Morgan fingerprint density at radius 3 is 2.60 bits per heavy atom. The maximum Gasteiger partial charge on any atom is 0.135 e. The van der Waals surface area contributed by atoms with E-state index in [1.165, 1.54) is 5.56 Å². The van der Waals surface area contributed by atoms with E-state index >= 15 is 0 Å². The van der Waals surface area contributed by atoms with E-state index in [4.69, 9.17) is 0 Å². The summed E-state index contributed by atoms with van der Waals surface area (Å²) < 4.78 is 0. The van der Waals surface area contributed by atoms with Crippen molar-refractivity contribution in [3.8, 4) is 11.1 Å². The first kappa shape index (κ1) is 9.71. The number of benzene rings is 1. The van der Waals surface area contributed by atoms with Crippen LogP contribution in [0.3, 0.4) is 0 Å². The molecule has 1 aromatic heterocycles. The molecule has 0 unspecified atom stereocenters. The molecule has 2 nitrogen and oxygen atoms in total. The van der Waals surface area contributed by atoms with Crippen LogP contribution in [0, 0.1) is 0 Å². The lowest BCUT2D eigenvalue weighted by Crippen LogP contribution is -1.95. The van der Waals surface area contributed by atoms with Crippen LogP contribution in [0.1, 0.15) is 12.6 Å². The molecule has 0 bridgehead atoms. The molecule has 2 heteroatoms. The van der Waals surface area contributed by atoms with E-state index in [1.54, 1.807) is 6.92 Å². The lowest BCUT2D eigenvalue weighted by Gasteiger charge is -1.94. The van der Waals surface area contributed by atoms with Crippen LogP contribution in [-0.2, 0) is 11.2 Å². The highest BCUT2D eigenvalue weighted by Crippen LogP contribution is 2.19. The Kier molecular flexibility index (Phi) is 2.68. The quantitative estimate of drug-likeness (QED) is 0.810. The summed E-state index contributed by atoms with van der Waals surface area (Å²) in [5.41, 5.74) is 3.27. The number of aromatic amines is 1. The number of rotatable bonds is 3. The van der Waals surface area contributed by atoms with E-state index in [0.717, 1.165) is 11.3 Å². The van der Waals surface area contributed by atoms with Crippen LogP contribution in [-0.4, -0.2) is 10.8 Å². The molecule has 0 fully saturated rings. The molecule has 15 heavy (non-hydrogen) atoms. The number of ketones is 1. The van der Waals surface area contributed by atoms with Gasteiger partial charge in [0.15, 0.2) is 0 Å². The molecule has 1 N–H and O–H groups in total. The first-order valence-corrected chi connectivity index (χ1v) is 4.98. The number of aromatic nitrogens is 1. The summed E-state index contributed by atoms with van der Waals surface area (Å²) in [6.45, 7) is 1.60. The van der Waals surface area contributed by atoms with Crippen molar-refractivity contribution in [1.82, 2.24) is 4.98 Å². The molecular formula is C13H13NO. The summed E-state index contributed by atoms with van der Waals surface area (Å²) >= 11 is 0. The monoisotopic (exact) mass is 199 g/mol. The van der Waals surface area contributed by atoms with E-state index in [2.05, 4.69) is 17.1 Å². The molecule has 2 aromatic rings. The SMILES string of the molecule is CC(=O)Cc1cc(-c2ccccc2)c[nH]1. The highest BCUT2D eigenvalue weighted by atomic mass is 16.1. The van der Waals surface area contributed by atoms with Gasteiger partial charge in [-0.15, -0.1) is 0 Å². The number of carbonyl (C=O) groups is 1. The Morgan fingerprint density at radius 2 is 1.93 bits per heavy atom. The summed E-state index contributed by atoms with van der Waals surface area (Å²) in [6, 6.07) is 12.1. The van der Waals surface area contributed by atoms with E-state index in [0.29, 0.717) is 6.42 Å². The van der Waals surface area contributed by atoms with E-state index < -0.39 is 0 Å². The van der Waals surface area contributed by atoms with Crippen molar-refractivity contribution in [2.24, 2.45) is 0 Å². The predicted octanol–water partition coefficient (Wildman–Crippen LogP) is 2.81. The number of H-pyrrole nitrogens is 1. The van der Waals surface area contributed by atoms with Crippen molar-refractivity contribution in [3.63, 3.8) is 0 Å². The van der Waals surface area contributed by atoms with Crippen molar-refractivity contribution in [3.05, 3.63) is 48.3 Å². The van der Waals surface area contributed by atoms with Gasteiger partial charge >= 0.3 is 0 Å². The first-order valence-electron chi connectivity index (χ1n) is 4.98. The topological polar surface area (TPSA) is 32.9 Å². The normalized spacial score (nSPS) is 10.2. The molecule has 0 aliphatic rings. The second-order valence-electron chi connectivity index (χ2n) is 3.66. The minimum absolute atomic E-state index is 0.177. The lowest BCUT2D eigenvalue weighted by molar-refractivity contribution is -0.116. The van der Waals surface area contributed by atoms with Gasteiger partial charge in [-0.05, 0) is 24.1 Å². The second-order valence-corrected chi connectivity index (χ2v) is 3.66. The molecule has 0 atom stereocenters. The van der Waals surface area contributed by atoms with Crippen LogP contribution in [0.2, 0.25) is 0 Å². The van der Waals surface area contributed by atoms with Gasteiger partial charge in [0, 0.05) is 18.3 Å². The third-order valence-electron chi connectivity index (χ3n) is 2.29. The summed E-state index contributed by atoms with van der Waals surface area (Å²) in [7, 11) is 0. The Bertz CT molecular complexity index is 456. The average Bonchev–Trinajstić information content (AvgIpc) is 2.67.